The third-order valence-corrected chi connectivity index (χ3v) is 4.94. The molecule has 1 unspecified atom stereocenters. The van der Waals surface area contributed by atoms with E-state index in [9.17, 15) is 14.4 Å². The van der Waals surface area contributed by atoms with Gasteiger partial charge in [-0.3, -0.25) is 14.5 Å². The summed E-state index contributed by atoms with van der Waals surface area (Å²) < 4.78 is 5.36. The molecule has 7 nitrogen and oxygen atoms in total. The monoisotopic (exact) mass is 395 g/mol. The Bertz CT molecular complexity index is 842. The topological polar surface area (TPSA) is 102 Å². The first-order valence-corrected chi connectivity index (χ1v) is 9.65. The Kier molecular flexibility index (Phi) is 6.84. The van der Waals surface area contributed by atoms with Gasteiger partial charge in [-0.2, -0.15) is 0 Å². The smallest absolute Gasteiger partial charge is 0.410 e. The highest BCUT2D eigenvalue weighted by molar-refractivity contribution is 5.91. The van der Waals surface area contributed by atoms with Gasteiger partial charge in [0, 0.05) is 13.0 Å². The van der Waals surface area contributed by atoms with E-state index in [1.807, 2.05) is 60.7 Å². The van der Waals surface area contributed by atoms with Crippen LogP contribution in [0.5, 0.6) is 0 Å². The highest BCUT2D eigenvalue weighted by Gasteiger charge is 2.36. The van der Waals surface area contributed by atoms with Crippen LogP contribution in [0.15, 0.2) is 60.7 Å². The molecule has 1 aliphatic rings. The Balaban J connectivity index is 1.59. The zero-order chi connectivity index (χ0) is 20.6. The Labute approximate surface area is 169 Å². The predicted molar refractivity (Wildman–Crippen MR) is 108 cm³/mol. The van der Waals surface area contributed by atoms with Crippen molar-refractivity contribution in [1.29, 1.82) is 0 Å². The summed E-state index contributed by atoms with van der Waals surface area (Å²) >= 11 is 0. The van der Waals surface area contributed by atoms with Gasteiger partial charge in [-0.15, -0.1) is 0 Å². The molecule has 7 heteroatoms. The van der Waals surface area contributed by atoms with Gasteiger partial charge in [0.15, 0.2) is 0 Å². The van der Waals surface area contributed by atoms with Gasteiger partial charge in [-0.25, -0.2) is 4.79 Å². The molecule has 1 fully saturated rings. The minimum Gasteiger partial charge on any atom is -0.445 e. The average molecular weight is 395 g/mol. The lowest BCUT2D eigenvalue weighted by Gasteiger charge is -2.25. The number of nitrogens with two attached hydrogens (primary N) is 1. The van der Waals surface area contributed by atoms with E-state index in [1.54, 1.807) is 0 Å². The number of hydrogen-bond acceptors (Lipinski definition) is 4. The summed E-state index contributed by atoms with van der Waals surface area (Å²) in [5, 5.41) is 2.70. The summed E-state index contributed by atoms with van der Waals surface area (Å²) in [5.41, 5.74) is 7.24. The molecular formula is C22H25N3O4. The lowest BCUT2D eigenvalue weighted by Crippen LogP contribution is -2.53. The Morgan fingerprint density at radius 2 is 1.66 bits per heavy atom. The molecule has 0 radical (unpaired) electrons. The van der Waals surface area contributed by atoms with E-state index in [0.29, 0.717) is 25.8 Å². The van der Waals surface area contributed by atoms with Gasteiger partial charge in [0.05, 0.1) is 0 Å². The van der Waals surface area contributed by atoms with Gasteiger partial charge >= 0.3 is 6.09 Å². The fraction of sp³-hybridized carbons (Fsp3) is 0.318. The van der Waals surface area contributed by atoms with Crippen molar-refractivity contribution in [3.05, 3.63) is 71.8 Å². The van der Waals surface area contributed by atoms with Crippen molar-refractivity contribution >= 4 is 17.9 Å². The zero-order valence-corrected chi connectivity index (χ0v) is 16.1. The largest absolute Gasteiger partial charge is 0.445 e. The van der Waals surface area contributed by atoms with Crippen molar-refractivity contribution in [2.45, 2.75) is 38.0 Å². The van der Waals surface area contributed by atoms with Crippen LogP contribution in [0.4, 0.5) is 4.79 Å². The fourth-order valence-electron chi connectivity index (χ4n) is 3.40. The number of likely N-dealkylation sites (tertiary alicyclic amines) is 1. The Hall–Kier alpha value is -3.35. The zero-order valence-electron chi connectivity index (χ0n) is 16.1. The van der Waals surface area contributed by atoms with Gasteiger partial charge < -0.3 is 15.8 Å². The van der Waals surface area contributed by atoms with Crippen LogP contribution < -0.4 is 11.1 Å². The summed E-state index contributed by atoms with van der Waals surface area (Å²) in [4.78, 5) is 38.5. The first kappa shape index (κ1) is 20.4. The normalized spacial score (nSPS) is 16.8. The third-order valence-electron chi connectivity index (χ3n) is 4.94. The van der Waals surface area contributed by atoms with E-state index in [0.717, 1.165) is 11.1 Å². The highest BCUT2D eigenvalue weighted by Crippen LogP contribution is 2.19. The number of primary amides is 1. The molecule has 1 heterocycles. The lowest BCUT2D eigenvalue weighted by atomic mass is 10.0. The van der Waals surface area contributed by atoms with Gasteiger partial charge in [0.2, 0.25) is 11.8 Å². The molecule has 3 rings (SSSR count). The van der Waals surface area contributed by atoms with Crippen LogP contribution in [-0.2, 0) is 27.4 Å². The number of benzene rings is 2. The second-order valence-electron chi connectivity index (χ2n) is 7.04. The van der Waals surface area contributed by atoms with Gasteiger partial charge in [-0.1, -0.05) is 60.7 Å². The summed E-state index contributed by atoms with van der Waals surface area (Å²) in [7, 11) is 0. The van der Waals surface area contributed by atoms with Crippen LogP contribution in [0.2, 0.25) is 0 Å². The molecule has 0 aromatic heterocycles. The SMILES string of the molecule is NC(=O)[C@H](Cc1ccccc1)NC(=O)C1CCCN1C(=O)OCc1ccccc1. The predicted octanol–water partition coefficient (Wildman–Crippen LogP) is 2.00. The first-order chi connectivity index (χ1) is 14.0. The summed E-state index contributed by atoms with van der Waals surface area (Å²) in [6, 6.07) is 17.2. The second-order valence-corrected chi connectivity index (χ2v) is 7.04. The molecule has 0 aliphatic carbocycles. The third kappa shape index (κ3) is 5.57. The second kappa shape index (κ2) is 9.73. The number of hydrogen-bond donors (Lipinski definition) is 2. The molecule has 1 aliphatic heterocycles. The lowest BCUT2D eigenvalue weighted by molar-refractivity contribution is -0.130. The van der Waals surface area contributed by atoms with Crippen molar-refractivity contribution in [3.63, 3.8) is 0 Å². The van der Waals surface area contributed by atoms with E-state index < -0.39 is 24.1 Å². The molecule has 0 bridgehead atoms. The van der Waals surface area contributed by atoms with Crippen molar-refractivity contribution in [3.8, 4) is 0 Å². The number of ether oxygens (including phenoxy) is 1. The van der Waals surface area contributed by atoms with Crippen molar-refractivity contribution in [1.82, 2.24) is 10.2 Å². The molecule has 29 heavy (non-hydrogen) atoms. The van der Waals surface area contributed by atoms with E-state index in [-0.39, 0.29) is 12.5 Å². The minimum absolute atomic E-state index is 0.141. The van der Waals surface area contributed by atoms with Crippen LogP contribution in [0.25, 0.3) is 0 Å². The standard InChI is InChI=1S/C22H25N3O4/c23-20(26)18(14-16-8-3-1-4-9-16)24-21(27)19-12-7-13-25(19)22(28)29-15-17-10-5-2-6-11-17/h1-6,8-11,18-19H,7,12-15H2,(H2,23,26)(H,24,27)/t18-,19?/m0/s1. The van der Waals surface area contributed by atoms with E-state index in [4.69, 9.17) is 10.5 Å². The molecule has 2 aromatic rings. The maximum absolute atomic E-state index is 12.8. The maximum atomic E-state index is 12.8. The highest BCUT2D eigenvalue weighted by atomic mass is 16.6. The Morgan fingerprint density at radius 3 is 2.28 bits per heavy atom. The Morgan fingerprint density at radius 1 is 1.03 bits per heavy atom. The molecule has 0 saturated carbocycles. The summed E-state index contributed by atoms with van der Waals surface area (Å²) in [6.45, 7) is 0.577. The molecule has 3 N–H and O–H groups in total. The van der Waals surface area contributed by atoms with E-state index in [2.05, 4.69) is 5.32 Å². The molecule has 2 atom stereocenters. The van der Waals surface area contributed by atoms with Gasteiger partial charge in [0.1, 0.15) is 18.7 Å². The van der Waals surface area contributed by atoms with Crippen molar-refractivity contribution in [2.24, 2.45) is 5.73 Å². The summed E-state index contributed by atoms with van der Waals surface area (Å²) in [5.74, 6) is -1.00. The molecule has 1 saturated heterocycles. The number of nitrogens with one attached hydrogen (secondary N) is 1. The number of amides is 3. The maximum Gasteiger partial charge on any atom is 0.410 e. The molecule has 2 aromatic carbocycles. The fourth-order valence-corrected chi connectivity index (χ4v) is 3.40. The van der Waals surface area contributed by atoms with Crippen molar-refractivity contribution < 1.29 is 19.1 Å². The van der Waals surface area contributed by atoms with Gasteiger partial charge in [0.25, 0.3) is 0 Å². The number of carbonyl (C=O) groups is 3. The molecular weight excluding hydrogens is 370 g/mol. The first-order valence-electron chi connectivity index (χ1n) is 9.65. The number of rotatable bonds is 7. The van der Waals surface area contributed by atoms with Gasteiger partial charge in [-0.05, 0) is 24.0 Å². The molecule has 152 valence electrons. The molecule has 3 amide bonds. The van der Waals surface area contributed by atoms with Crippen LogP contribution in [0.3, 0.4) is 0 Å². The van der Waals surface area contributed by atoms with Crippen molar-refractivity contribution in [2.75, 3.05) is 6.54 Å². The van der Waals surface area contributed by atoms with Crippen LogP contribution >= 0.6 is 0 Å². The van der Waals surface area contributed by atoms with Crippen LogP contribution in [-0.4, -0.2) is 41.4 Å². The number of carbonyl (C=O) groups excluding carboxylic acids is 3. The van der Waals surface area contributed by atoms with E-state index >= 15 is 0 Å². The van der Waals surface area contributed by atoms with E-state index in [1.165, 1.54) is 4.90 Å². The molecule has 0 spiro atoms. The average Bonchev–Trinajstić information content (AvgIpc) is 3.23. The van der Waals surface area contributed by atoms with Crippen LogP contribution in [0, 0.1) is 0 Å². The summed E-state index contributed by atoms with van der Waals surface area (Å²) in [6.07, 6.45) is 0.972. The van der Waals surface area contributed by atoms with Crippen LogP contribution in [0.1, 0.15) is 24.0 Å². The minimum atomic E-state index is -0.840. The number of nitrogens with zero attached hydrogens (tertiary/aromatic N) is 1. The quantitative estimate of drug-likeness (QED) is 0.749.